The van der Waals surface area contributed by atoms with E-state index in [0.29, 0.717) is 23.4 Å². The molecular weight excluding hydrogens is 336 g/mol. The van der Waals surface area contributed by atoms with Crippen LogP contribution in [0.25, 0.3) is 0 Å². The van der Waals surface area contributed by atoms with Crippen molar-refractivity contribution in [1.82, 2.24) is 20.7 Å². The molecule has 27 heavy (non-hydrogen) atoms. The number of nitrogens with zero attached hydrogens (tertiary/aromatic N) is 2. The van der Waals surface area contributed by atoms with Gasteiger partial charge in [-0.15, -0.1) is 0 Å². The van der Waals surface area contributed by atoms with Crippen LogP contribution in [0.15, 0.2) is 42.7 Å². The predicted molar refractivity (Wildman–Crippen MR) is 106 cm³/mol. The molecule has 5 nitrogen and oxygen atoms in total. The molecule has 2 aliphatic rings. The molecule has 1 amide bonds. The highest BCUT2D eigenvalue weighted by atomic mass is 16.2. The zero-order chi connectivity index (χ0) is 18.8. The van der Waals surface area contributed by atoms with Gasteiger partial charge in [-0.05, 0) is 49.8 Å². The number of rotatable bonds is 3. The van der Waals surface area contributed by atoms with Crippen molar-refractivity contribution in [1.29, 1.82) is 0 Å². The van der Waals surface area contributed by atoms with Crippen molar-refractivity contribution >= 4 is 5.91 Å². The second-order valence-electron chi connectivity index (χ2n) is 7.97. The Balaban J connectivity index is 1.49. The van der Waals surface area contributed by atoms with Gasteiger partial charge in [0.15, 0.2) is 0 Å². The molecule has 0 saturated carbocycles. The third kappa shape index (κ3) is 3.89. The maximum atomic E-state index is 13.0. The SMILES string of the molecule is Cc1ccc(C2CNNC2C2CCCN(C(=O)c3cncc(C)c3)C2)cc1. The summed E-state index contributed by atoms with van der Waals surface area (Å²) in [6, 6.07) is 11.1. The lowest BCUT2D eigenvalue weighted by Gasteiger charge is -2.37. The summed E-state index contributed by atoms with van der Waals surface area (Å²) < 4.78 is 0. The number of aryl methyl sites for hydroxylation is 2. The van der Waals surface area contributed by atoms with E-state index in [0.717, 1.165) is 38.0 Å². The van der Waals surface area contributed by atoms with Crippen molar-refractivity contribution in [3.05, 3.63) is 65.0 Å². The molecule has 2 fully saturated rings. The summed E-state index contributed by atoms with van der Waals surface area (Å²) in [7, 11) is 0. The van der Waals surface area contributed by atoms with E-state index in [-0.39, 0.29) is 5.91 Å². The molecule has 1 aromatic carbocycles. The van der Waals surface area contributed by atoms with E-state index in [2.05, 4.69) is 47.0 Å². The molecule has 2 aromatic rings. The molecule has 4 rings (SSSR count). The van der Waals surface area contributed by atoms with Crippen molar-refractivity contribution in [2.75, 3.05) is 19.6 Å². The number of piperidine rings is 1. The number of likely N-dealkylation sites (tertiary alicyclic amines) is 1. The highest BCUT2D eigenvalue weighted by Crippen LogP contribution is 2.32. The summed E-state index contributed by atoms with van der Waals surface area (Å²) in [6.07, 6.45) is 5.67. The van der Waals surface area contributed by atoms with E-state index in [4.69, 9.17) is 0 Å². The van der Waals surface area contributed by atoms with Gasteiger partial charge >= 0.3 is 0 Å². The van der Waals surface area contributed by atoms with Gasteiger partial charge in [-0.25, -0.2) is 0 Å². The van der Waals surface area contributed by atoms with E-state index < -0.39 is 0 Å². The predicted octanol–water partition coefficient (Wildman–Crippen LogP) is 2.81. The lowest BCUT2D eigenvalue weighted by Crippen LogP contribution is -2.48. The van der Waals surface area contributed by atoms with E-state index in [1.165, 1.54) is 11.1 Å². The summed E-state index contributed by atoms with van der Waals surface area (Å²) >= 11 is 0. The molecule has 0 spiro atoms. The number of carbonyl (C=O) groups excluding carboxylic acids is 1. The zero-order valence-electron chi connectivity index (χ0n) is 16.1. The smallest absolute Gasteiger partial charge is 0.255 e. The van der Waals surface area contributed by atoms with E-state index in [1.54, 1.807) is 12.4 Å². The molecule has 142 valence electrons. The van der Waals surface area contributed by atoms with Crippen LogP contribution >= 0.6 is 0 Å². The van der Waals surface area contributed by atoms with E-state index in [1.807, 2.05) is 17.9 Å². The van der Waals surface area contributed by atoms with Gasteiger partial charge in [0.05, 0.1) is 5.56 Å². The van der Waals surface area contributed by atoms with Gasteiger partial charge in [-0.3, -0.25) is 20.6 Å². The topological polar surface area (TPSA) is 57.3 Å². The maximum Gasteiger partial charge on any atom is 0.255 e. The quantitative estimate of drug-likeness (QED) is 0.879. The molecule has 0 aliphatic carbocycles. The zero-order valence-corrected chi connectivity index (χ0v) is 16.1. The molecular formula is C22H28N4O. The summed E-state index contributed by atoms with van der Waals surface area (Å²) in [5.74, 6) is 0.988. The van der Waals surface area contributed by atoms with Crippen molar-refractivity contribution in [2.24, 2.45) is 5.92 Å². The monoisotopic (exact) mass is 364 g/mol. The highest BCUT2D eigenvalue weighted by Gasteiger charge is 2.37. The van der Waals surface area contributed by atoms with Crippen LogP contribution in [0, 0.1) is 19.8 Å². The van der Waals surface area contributed by atoms with Gasteiger partial charge in [0.1, 0.15) is 0 Å². The number of hydrogen-bond acceptors (Lipinski definition) is 4. The molecule has 2 N–H and O–H groups in total. The van der Waals surface area contributed by atoms with E-state index in [9.17, 15) is 4.79 Å². The molecule has 3 heterocycles. The number of aromatic nitrogens is 1. The Morgan fingerprint density at radius 3 is 2.74 bits per heavy atom. The molecule has 3 unspecified atom stereocenters. The number of nitrogens with one attached hydrogen (secondary N) is 2. The van der Waals surface area contributed by atoms with Gasteiger partial charge < -0.3 is 4.90 Å². The Labute approximate surface area is 161 Å². The minimum atomic E-state index is 0.105. The first-order valence-corrected chi connectivity index (χ1v) is 9.87. The van der Waals surface area contributed by atoms with Crippen LogP contribution in [0.1, 0.15) is 45.8 Å². The Morgan fingerprint density at radius 2 is 1.96 bits per heavy atom. The molecule has 0 bridgehead atoms. The average molecular weight is 364 g/mol. The van der Waals surface area contributed by atoms with Crippen LogP contribution in [-0.2, 0) is 0 Å². The van der Waals surface area contributed by atoms with Crippen LogP contribution in [0.4, 0.5) is 0 Å². The van der Waals surface area contributed by atoms with Gasteiger partial charge in [0.25, 0.3) is 5.91 Å². The molecule has 2 aliphatic heterocycles. The Kier molecular flexibility index (Phi) is 5.23. The second-order valence-corrected chi connectivity index (χ2v) is 7.97. The molecule has 3 atom stereocenters. The largest absolute Gasteiger partial charge is 0.338 e. The van der Waals surface area contributed by atoms with Crippen molar-refractivity contribution < 1.29 is 4.79 Å². The van der Waals surface area contributed by atoms with Gasteiger partial charge in [-0.2, -0.15) is 0 Å². The van der Waals surface area contributed by atoms with Crippen LogP contribution in [0.3, 0.4) is 0 Å². The first-order chi connectivity index (χ1) is 13.1. The molecule has 2 saturated heterocycles. The van der Waals surface area contributed by atoms with Crippen LogP contribution in [-0.4, -0.2) is 41.5 Å². The van der Waals surface area contributed by atoms with Crippen molar-refractivity contribution in [3.63, 3.8) is 0 Å². The third-order valence-electron chi connectivity index (χ3n) is 5.90. The molecule has 0 radical (unpaired) electrons. The Morgan fingerprint density at radius 1 is 1.15 bits per heavy atom. The fourth-order valence-electron chi connectivity index (χ4n) is 4.44. The maximum absolute atomic E-state index is 13.0. The lowest BCUT2D eigenvalue weighted by molar-refractivity contribution is 0.0644. The normalized spacial score (nSPS) is 25.6. The first kappa shape index (κ1) is 18.1. The summed E-state index contributed by atoms with van der Waals surface area (Å²) in [6.45, 7) is 6.66. The fourth-order valence-corrected chi connectivity index (χ4v) is 4.44. The Bertz CT molecular complexity index is 804. The molecule has 1 aromatic heterocycles. The van der Waals surface area contributed by atoms with Crippen molar-refractivity contribution in [2.45, 2.75) is 38.6 Å². The molecule has 5 heteroatoms. The van der Waals surface area contributed by atoms with Crippen LogP contribution < -0.4 is 10.9 Å². The second kappa shape index (κ2) is 7.79. The first-order valence-electron chi connectivity index (χ1n) is 9.87. The summed E-state index contributed by atoms with van der Waals surface area (Å²) in [4.78, 5) is 19.1. The number of hydrazine groups is 1. The summed E-state index contributed by atoms with van der Waals surface area (Å²) in [5, 5.41) is 0. The van der Waals surface area contributed by atoms with Gasteiger partial charge in [0, 0.05) is 44.0 Å². The highest BCUT2D eigenvalue weighted by molar-refractivity contribution is 5.94. The van der Waals surface area contributed by atoms with Crippen LogP contribution in [0.2, 0.25) is 0 Å². The standard InChI is InChI=1S/C22H28N4O/c1-15-5-7-17(8-6-15)20-13-24-25-21(20)18-4-3-9-26(14-18)22(27)19-10-16(2)11-23-12-19/h5-8,10-12,18,20-21,24-25H,3-4,9,13-14H2,1-2H3. The number of pyridine rings is 1. The number of carbonyl (C=O) groups is 1. The van der Waals surface area contributed by atoms with Gasteiger partial charge in [0.2, 0.25) is 0 Å². The average Bonchev–Trinajstić information content (AvgIpc) is 3.18. The van der Waals surface area contributed by atoms with Gasteiger partial charge in [-0.1, -0.05) is 29.8 Å². The minimum Gasteiger partial charge on any atom is -0.338 e. The Hall–Kier alpha value is -2.24. The number of hydrogen-bond donors (Lipinski definition) is 2. The third-order valence-corrected chi connectivity index (χ3v) is 5.90. The fraction of sp³-hybridized carbons (Fsp3) is 0.455. The van der Waals surface area contributed by atoms with E-state index >= 15 is 0 Å². The van der Waals surface area contributed by atoms with Crippen molar-refractivity contribution in [3.8, 4) is 0 Å². The minimum absolute atomic E-state index is 0.105. The summed E-state index contributed by atoms with van der Waals surface area (Å²) in [5.41, 5.74) is 11.2. The lowest BCUT2D eigenvalue weighted by atomic mass is 9.81. The number of benzene rings is 1. The van der Waals surface area contributed by atoms with Crippen LogP contribution in [0.5, 0.6) is 0 Å². The number of amides is 1.